The average Bonchev–Trinajstić information content (AvgIpc) is 2.75. The predicted molar refractivity (Wildman–Crippen MR) is 110 cm³/mol. The summed E-state index contributed by atoms with van der Waals surface area (Å²) in [7, 11) is 0. The van der Waals surface area contributed by atoms with Crippen LogP contribution in [0, 0.1) is 10.1 Å². The van der Waals surface area contributed by atoms with E-state index in [4.69, 9.17) is 14.2 Å². The van der Waals surface area contributed by atoms with Crippen molar-refractivity contribution in [1.82, 2.24) is 5.32 Å². The molecule has 0 saturated carbocycles. The first-order valence-electron chi connectivity index (χ1n) is 9.83. The Bertz CT molecular complexity index is 906. The first kappa shape index (κ1) is 24.0. The van der Waals surface area contributed by atoms with Crippen molar-refractivity contribution >= 4 is 17.6 Å². The number of hydrogen-bond acceptors (Lipinski definition) is 9. The lowest BCUT2D eigenvalue weighted by Crippen LogP contribution is -2.34. The largest absolute Gasteiger partial charge is 0.463 e. The van der Waals surface area contributed by atoms with E-state index in [0.717, 1.165) is 0 Å². The van der Waals surface area contributed by atoms with Gasteiger partial charge >= 0.3 is 11.9 Å². The number of nitrogens with one attached hydrogen (secondary N) is 1. The lowest BCUT2D eigenvalue weighted by molar-refractivity contribution is -0.384. The zero-order valence-electron chi connectivity index (χ0n) is 17.7. The van der Waals surface area contributed by atoms with Crippen molar-refractivity contribution < 1.29 is 33.8 Å². The van der Waals surface area contributed by atoms with Gasteiger partial charge in [0.15, 0.2) is 0 Å². The van der Waals surface area contributed by atoms with Crippen LogP contribution >= 0.6 is 0 Å². The average molecular weight is 434 g/mol. The molecule has 1 unspecified atom stereocenters. The number of carbonyl (C=O) groups excluding carboxylic acids is 2. The Hall–Kier alpha value is -3.24. The number of aliphatic hydroxyl groups excluding tert-OH is 1. The van der Waals surface area contributed by atoms with Gasteiger partial charge in [-0.15, -0.1) is 0 Å². The second-order valence-electron chi connectivity index (χ2n) is 6.55. The third-order valence-corrected chi connectivity index (χ3v) is 4.60. The number of allylic oxidation sites excluding steroid dienone is 1. The van der Waals surface area contributed by atoms with E-state index in [9.17, 15) is 24.8 Å². The molecule has 0 fully saturated rings. The Morgan fingerprint density at radius 1 is 1.13 bits per heavy atom. The fourth-order valence-electron chi connectivity index (χ4n) is 3.31. The molecule has 31 heavy (non-hydrogen) atoms. The molecule has 0 spiro atoms. The van der Waals surface area contributed by atoms with Crippen LogP contribution < -0.4 is 5.32 Å². The number of dihydropyridines is 1. The smallest absolute Gasteiger partial charge is 0.336 e. The number of non-ortho nitro benzene ring substituents is 1. The summed E-state index contributed by atoms with van der Waals surface area (Å²) in [6.07, 6.45) is 0. The Morgan fingerprint density at radius 3 is 2.45 bits per heavy atom. The van der Waals surface area contributed by atoms with Gasteiger partial charge in [-0.25, -0.2) is 9.59 Å². The van der Waals surface area contributed by atoms with Crippen molar-refractivity contribution in [2.75, 3.05) is 33.0 Å². The Kier molecular flexibility index (Phi) is 8.71. The summed E-state index contributed by atoms with van der Waals surface area (Å²) in [5.41, 5.74) is 0.713. The second kappa shape index (κ2) is 11.2. The van der Waals surface area contributed by atoms with Crippen LogP contribution in [-0.2, 0) is 23.8 Å². The molecule has 1 aliphatic heterocycles. The Balaban J connectivity index is 2.59. The molecule has 0 radical (unpaired) electrons. The molecular formula is C21H26N2O8. The molecule has 0 saturated heterocycles. The van der Waals surface area contributed by atoms with Gasteiger partial charge < -0.3 is 24.6 Å². The number of esters is 2. The van der Waals surface area contributed by atoms with Crippen molar-refractivity contribution in [3.8, 4) is 0 Å². The summed E-state index contributed by atoms with van der Waals surface area (Å²) in [6.45, 7) is 5.24. The number of ether oxygens (including phenoxy) is 3. The highest BCUT2D eigenvalue weighted by molar-refractivity contribution is 6.00. The first-order valence-corrected chi connectivity index (χ1v) is 9.83. The maximum Gasteiger partial charge on any atom is 0.336 e. The van der Waals surface area contributed by atoms with Gasteiger partial charge in [-0.05, 0) is 26.3 Å². The van der Waals surface area contributed by atoms with Crippen molar-refractivity contribution in [2.45, 2.75) is 26.7 Å². The monoisotopic (exact) mass is 434 g/mol. The van der Waals surface area contributed by atoms with E-state index >= 15 is 0 Å². The molecule has 10 nitrogen and oxygen atoms in total. The van der Waals surface area contributed by atoms with Crippen molar-refractivity contribution in [3.05, 3.63) is 62.5 Å². The topological polar surface area (TPSA) is 137 Å². The quantitative estimate of drug-likeness (QED) is 0.245. The summed E-state index contributed by atoms with van der Waals surface area (Å²) in [4.78, 5) is 36.5. The van der Waals surface area contributed by atoms with E-state index in [1.807, 2.05) is 6.92 Å². The lowest BCUT2D eigenvalue weighted by Gasteiger charge is -2.31. The number of carbonyl (C=O) groups is 2. The van der Waals surface area contributed by atoms with E-state index in [0.29, 0.717) is 17.9 Å². The van der Waals surface area contributed by atoms with Crippen molar-refractivity contribution in [2.24, 2.45) is 0 Å². The molecule has 1 atom stereocenters. The van der Waals surface area contributed by atoms with Gasteiger partial charge in [0, 0.05) is 24.4 Å². The van der Waals surface area contributed by atoms with Gasteiger partial charge in [0.05, 0.1) is 47.5 Å². The lowest BCUT2D eigenvalue weighted by atomic mass is 9.80. The molecule has 0 aromatic heterocycles. The van der Waals surface area contributed by atoms with Crippen LogP contribution in [0.3, 0.4) is 0 Å². The molecule has 168 valence electrons. The van der Waals surface area contributed by atoms with Gasteiger partial charge in [0.2, 0.25) is 0 Å². The maximum atomic E-state index is 12.9. The zero-order valence-corrected chi connectivity index (χ0v) is 17.7. The SMILES string of the molecule is CCOCCOC(=O)C1=C(C)NC(CO)=C(C(=O)OCC)C1c1cccc([N+](=O)[O-])c1. The van der Waals surface area contributed by atoms with Gasteiger partial charge in [0.1, 0.15) is 6.61 Å². The molecule has 2 rings (SSSR count). The van der Waals surface area contributed by atoms with Crippen LogP contribution in [0.25, 0.3) is 0 Å². The number of aliphatic hydroxyl groups is 1. The Labute approximate surface area is 179 Å². The van der Waals surface area contributed by atoms with Gasteiger partial charge in [-0.3, -0.25) is 10.1 Å². The minimum atomic E-state index is -1.03. The minimum absolute atomic E-state index is 0.00355. The van der Waals surface area contributed by atoms with E-state index in [2.05, 4.69) is 5.32 Å². The number of hydrogen-bond donors (Lipinski definition) is 2. The van der Waals surface area contributed by atoms with Crippen molar-refractivity contribution in [1.29, 1.82) is 0 Å². The zero-order chi connectivity index (χ0) is 23.0. The minimum Gasteiger partial charge on any atom is -0.463 e. The number of rotatable bonds is 10. The fourth-order valence-corrected chi connectivity index (χ4v) is 3.31. The summed E-state index contributed by atoms with van der Waals surface area (Å²) in [5, 5.41) is 24.0. The summed E-state index contributed by atoms with van der Waals surface area (Å²) >= 11 is 0. The highest BCUT2D eigenvalue weighted by atomic mass is 16.6. The number of nitrogens with zero attached hydrogens (tertiary/aromatic N) is 1. The van der Waals surface area contributed by atoms with Crippen molar-refractivity contribution in [3.63, 3.8) is 0 Å². The van der Waals surface area contributed by atoms with E-state index < -0.39 is 29.4 Å². The van der Waals surface area contributed by atoms with Gasteiger partial charge in [-0.2, -0.15) is 0 Å². The van der Waals surface area contributed by atoms with Crippen LogP contribution in [0.5, 0.6) is 0 Å². The highest BCUT2D eigenvalue weighted by Gasteiger charge is 2.39. The third kappa shape index (κ3) is 5.68. The molecule has 0 amide bonds. The number of nitro benzene ring substituents is 1. The highest BCUT2D eigenvalue weighted by Crippen LogP contribution is 2.40. The number of nitro groups is 1. The molecule has 1 aromatic carbocycles. The van der Waals surface area contributed by atoms with Crippen LogP contribution in [0.15, 0.2) is 46.8 Å². The standard InChI is InChI=1S/C21H26N2O8/c1-4-29-9-10-31-20(25)17-13(3)22-16(12-24)19(21(26)30-5-2)18(17)14-7-6-8-15(11-14)23(27)28/h6-8,11,18,22,24H,4-5,9-10,12H2,1-3H3. The van der Waals surface area contributed by atoms with Gasteiger partial charge in [-0.1, -0.05) is 12.1 Å². The van der Waals surface area contributed by atoms with E-state index in [1.54, 1.807) is 19.9 Å². The predicted octanol–water partition coefficient (Wildman–Crippen LogP) is 1.94. The molecule has 1 heterocycles. The normalized spacial score (nSPS) is 16.1. The third-order valence-electron chi connectivity index (χ3n) is 4.60. The molecule has 0 aliphatic carbocycles. The molecule has 1 aliphatic rings. The summed E-state index contributed by atoms with van der Waals surface area (Å²) in [6, 6.07) is 5.62. The fraction of sp³-hybridized carbons (Fsp3) is 0.429. The molecule has 10 heteroatoms. The van der Waals surface area contributed by atoms with E-state index in [-0.39, 0.29) is 42.4 Å². The van der Waals surface area contributed by atoms with Crippen LogP contribution in [0.1, 0.15) is 32.3 Å². The molecular weight excluding hydrogens is 408 g/mol. The summed E-state index contributed by atoms with van der Waals surface area (Å²) in [5.74, 6) is -2.48. The maximum absolute atomic E-state index is 12.9. The van der Waals surface area contributed by atoms with E-state index in [1.165, 1.54) is 18.2 Å². The number of benzene rings is 1. The summed E-state index contributed by atoms with van der Waals surface area (Å²) < 4.78 is 15.6. The van der Waals surface area contributed by atoms with Crippen LogP contribution in [-0.4, -0.2) is 55.0 Å². The Morgan fingerprint density at radius 2 is 1.84 bits per heavy atom. The molecule has 0 bridgehead atoms. The molecule has 2 N–H and O–H groups in total. The first-order chi connectivity index (χ1) is 14.8. The van der Waals surface area contributed by atoms with Crippen LogP contribution in [0.4, 0.5) is 5.69 Å². The van der Waals surface area contributed by atoms with Crippen LogP contribution in [0.2, 0.25) is 0 Å². The second-order valence-corrected chi connectivity index (χ2v) is 6.55. The van der Waals surface area contributed by atoms with Gasteiger partial charge in [0.25, 0.3) is 5.69 Å². The molecule has 1 aromatic rings.